The van der Waals surface area contributed by atoms with Crippen molar-refractivity contribution >= 4 is 25.8 Å². The van der Waals surface area contributed by atoms with Crippen molar-refractivity contribution in [3.8, 4) is 0 Å². The van der Waals surface area contributed by atoms with Gasteiger partial charge in [0.1, 0.15) is 9.84 Å². The molecule has 4 heteroatoms. The minimum absolute atomic E-state index is 0.359. The Kier molecular flexibility index (Phi) is 2.97. The highest BCUT2D eigenvalue weighted by atomic mass is 79.9. The first-order valence-electron chi connectivity index (χ1n) is 3.79. The van der Waals surface area contributed by atoms with Crippen LogP contribution in [0, 0.1) is 5.92 Å². The Morgan fingerprint density at radius 2 is 2.00 bits per heavy atom. The summed E-state index contributed by atoms with van der Waals surface area (Å²) in [5.41, 5.74) is 0. The van der Waals surface area contributed by atoms with E-state index in [4.69, 9.17) is 0 Å². The van der Waals surface area contributed by atoms with E-state index in [1.54, 1.807) is 0 Å². The number of hydrogen-bond donors (Lipinski definition) is 0. The van der Waals surface area contributed by atoms with Crippen LogP contribution in [-0.4, -0.2) is 25.3 Å². The summed E-state index contributed by atoms with van der Waals surface area (Å²) in [6.45, 7) is 0. The molecule has 0 atom stereocenters. The third-order valence-electron chi connectivity index (χ3n) is 2.08. The lowest BCUT2D eigenvalue weighted by atomic mass is 9.83. The summed E-state index contributed by atoms with van der Waals surface area (Å²) in [5.74, 6) is 1.01. The minimum Gasteiger partial charge on any atom is -0.229 e. The molecular weight excluding hydrogens is 228 g/mol. The molecule has 1 aliphatic rings. The van der Waals surface area contributed by atoms with Gasteiger partial charge in [0.05, 0.1) is 5.75 Å². The van der Waals surface area contributed by atoms with Gasteiger partial charge >= 0.3 is 0 Å². The summed E-state index contributed by atoms with van der Waals surface area (Å²) in [6.07, 6.45) is 4.45. The van der Waals surface area contributed by atoms with Gasteiger partial charge in [-0.15, -0.1) is 0 Å². The van der Waals surface area contributed by atoms with Gasteiger partial charge in [0.15, 0.2) is 0 Å². The Hall–Kier alpha value is 0.430. The second-order valence-corrected chi connectivity index (χ2v) is 6.91. The normalized spacial score (nSPS) is 31.5. The Morgan fingerprint density at radius 1 is 1.45 bits per heavy atom. The number of hydrogen-bond acceptors (Lipinski definition) is 2. The molecule has 0 bridgehead atoms. The predicted octanol–water partition coefficient (Wildman–Crippen LogP) is 1.59. The van der Waals surface area contributed by atoms with Crippen molar-refractivity contribution in [3.63, 3.8) is 0 Å². The molecule has 66 valence electrons. The van der Waals surface area contributed by atoms with Crippen molar-refractivity contribution < 1.29 is 8.42 Å². The second kappa shape index (κ2) is 3.44. The predicted molar refractivity (Wildman–Crippen MR) is 49.8 cm³/mol. The summed E-state index contributed by atoms with van der Waals surface area (Å²) in [6, 6.07) is 0. The summed E-state index contributed by atoms with van der Waals surface area (Å²) >= 11 is 3.47. The highest BCUT2D eigenvalue weighted by Gasteiger charge is 2.26. The zero-order valence-electron chi connectivity index (χ0n) is 6.59. The quantitative estimate of drug-likeness (QED) is 0.703. The maximum Gasteiger partial charge on any atom is 0.147 e. The topological polar surface area (TPSA) is 34.1 Å². The zero-order chi connectivity index (χ0) is 8.48. The fourth-order valence-corrected chi connectivity index (χ4v) is 3.09. The molecule has 0 aromatic carbocycles. The van der Waals surface area contributed by atoms with Crippen LogP contribution in [0.4, 0.5) is 0 Å². The number of sulfone groups is 1. The van der Waals surface area contributed by atoms with Crippen molar-refractivity contribution in [1.82, 2.24) is 0 Å². The number of rotatable bonds is 3. The molecule has 1 rings (SSSR count). The zero-order valence-corrected chi connectivity index (χ0v) is 8.99. The Morgan fingerprint density at radius 3 is 2.36 bits per heavy atom. The summed E-state index contributed by atoms with van der Waals surface area (Å²) in [7, 11) is -2.73. The average Bonchev–Trinajstić information content (AvgIpc) is 1.75. The molecule has 11 heavy (non-hydrogen) atoms. The maximum absolute atomic E-state index is 10.7. The van der Waals surface area contributed by atoms with Crippen LogP contribution in [0.15, 0.2) is 0 Å². The van der Waals surface area contributed by atoms with E-state index in [1.165, 1.54) is 6.26 Å². The highest BCUT2D eigenvalue weighted by molar-refractivity contribution is 9.09. The highest BCUT2D eigenvalue weighted by Crippen LogP contribution is 2.35. The Bertz CT molecular complexity index is 217. The minimum atomic E-state index is -2.73. The molecule has 0 N–H and O–H groups in total. The lowest BCUT2D eigenvalue weighted by molar-refractivity contribution is 0.324. The van der Waals surface area contributed by atoms with Crippen LogP contribution >= 0.6 is 15.9 Å². The van der Waals surface area contributed by atoms with Crippen LogP contribution in [0.2, 0.25) is 0 Å². The van der Waals surface area contributed by atoms with Gasteiger partial charge in [-0.1, -0.05) is 15.9 Å². The van der Waals surface area contributed by atoms with E-state index in [0.29, 0.717) is 16.5 Å². The van der Waals surface area contributed by atoms with Crippen LogP contribution in [-0.2, 0) is 9.84 Å². The van der Waals surface area contributed by atoms with Gasteiger partial charge in [-0.2, -0.15) is 0 Å². The third-order valence-corrected chi connectivity index (χ3v) is 3.80. The average molecular weight is 241 g/mol. The Labute approximate surface area is 76.4 Å². The van der Waals surface area contributed by atoms with Gasteiger partial charge in [-0.25, -0.2) is 8.42 Å². The molecule has 1 fully saturated rings. The first kappa shape index (κ1) is 9.52. The van der Waals surface area contributed by atoms with Gasteiger partial charge in [-0.05, 0) is 25.2 Å². The van der Waals surface area contributed by atoms with E-state index in [1.807, 2.05) is 0 Å². The van der Waals surface area contributed by atoms with E-state index < -0.39 is 9.84 Å². The molecule has 2 nitrogen and oxygen atoms in total. The number of alkyl halides is 1. The van der Waals surface area contributed by atoms with Crippen LogP contribution < -0.4 is 0 Å². The van der Waals surface area contributed by atoms with Gasteiger partial charge in [0.2, 0.25) is 0 Å². The van der Waals surface area contributed by atoms with Crippen LogP contribution in [0.3, 0.4) is 0 Å². The molecule has 1 aliphatic carbocycles. The molecule has 1 saturated carbocycles. The smallest absolute Gasteiger partial charge is 0.147 e. The van der Waals surface area contributed by atoms with Crippen LogP contribution in [0.1, 0.15) is 19.3 Å². The fraction of sp³-hybridized carbons (Fsp3) is 1.00. The maximum atomic E-state index is 10.7. The van der Waals surface area contributed by atoms with Gasteiger partial charge in [0.25, 0.3) is 0 Å². The monoisotopic (exact) mass is 240 g/mol. The van der Waals surface area contributed by atoms with Crippen LogP contribution in [0.25, 0.3) is 0 Å². The van der Waals surface area contributed by atoms with Crippen molar-refractivity contribution in [2.45, 2.75) is 24.1 Å². The molecule has 0 spiro atoms. The summed E-state index contributed by atoms with van der Waals surface area (Å²) < 4.78 is 21.5. The lowest BCUT2D eigenvalue weighted by Gasteiger charge is -2.30. The molecule has 0 radical (unpaired) electrons. The van der Waals surface area contributed by atoms with Gasteiger partial charge < -0.3 is 0 Å². The SMILES string of the molecule is CS(=O)(=O)CCC1CC(Br)C1. The largest absolute Gasteiger partial charge is 0.229 e. The molecule has 0 aromatic rings. The van der Waals surface area contributed by atoms with Gasteiger partial charge in [-0.3, -0.25) is 0 Å². The summed E-state index contributed by atoms with van der Waals surface area (Å²) in [5, 5.41) is 0. The van der Waals surface area contributed by atoms with Crippen molar-refractivity contribution in [2.75, 3.05) is 12.0 Å². The standard InChI is InChI=1S/C7H13BrO2S/c1-11(9,10)3-2-6-4-7(8)5-6/h6-7H,2-5H2,1H3. The van der Waals surface area contributed by atoms with E-state index >= 15 is 0 Å². The number of halogens is 1. The van der Waals surface area contributed by atoms with Crippen molar-refractivity contribution in [3.05, 3.63) is 0 Å². The van der Waals surface area contributed by atoms with Crippen LogP contribution in [0.5, 0.6) is 0 Å². The lowest BCUT2D eigenvalue weighted by Crippen LogP contribution is -2.25. The van der Waals surface area contributed by atoms with E-state index in [9.17, 15) is 8.42 Å². The molecule has 0 amide bonds. The molecule has 0 saturated heterocycles. The molecular formula is C7H13BrO2S. The third kappa shape index (κ3) is 3.56. The van der Waals surface area contributed by atoms with E-state index in [-0.39, 0.29) is 0 Å². The fourth-order valence-electron chi connectivity index (χ4n) is 1.27. The second-order valence-electron chi connectivity index (χ2n) is 3.35. The first-order valence-corrected chi connectivity index (χ1v) is 6.77. The first-order chi connectivity index (χ1) is 4.97. The molecule has 0 unspecified atom stereocenters. The van der Waals surface area contributed by atoms with E-state index in [2.05, 4.69) is 15.9 Å². The molecule has 0 aromatic heterocycles. The Balaban J connectivity index is 2.15. The van der Waals surface area contributed by atoms with Gasteiger partial charge in [0, 0.05) is 11.1 Å². The summed E-state index contributed by atoms with van der Waals surface area (Å²) in [4.78, 5) is 0.645. The molecule has 0 aliphatic heterocycles. The van der Waals surface area contributed by atoms with Crippen molar-refractivity contribution in [2.24, 2.45) is 5.92 Å². The van der Waals surface area contributed by atoms with E-state index in [0.717, 1.165) is 19.3 Å². The molecule has 0 heterocycles. The van der Waals surface area contributed by atoms with Crippen molar-refractivity contribution in [1.29, 1.82) is 0 Å².